The number of benzene rings is 1. The molecule has 0 aliphatic carbocycles. The van der Waals surface area contributed by atoms with Crippen molar-refractivity contribution < 1.29 is 9.21 Å². The Bertz CT molecular complexity index is 1150. The number of ketones is 1. The summed E-state index contributed by atoms with van der Waals surface area (Å²) >= 11 is 2.44. The van der Waals surface area contributed by atoms with E-state index in [9.17, 15) is 10.1 Å². The van der Waals surface area contributed by atoms with Crippen molar-refractivity contribution in [3.8, 4) is 17.5 Å². The number of aromatic nitrogens is 4. The van der Waals surface area contributed by atoms with E-state index in [0.717, 1.165) is 33.9 Å². The van der Waals surface area contributed by atoms with Gasteiger partial charge in [0.2, 0.25) is 0 Å². The van der Waals surface area contributed by atoms with Crippen LogP contribution in [0, 0.1) is 18.3 Å². The van der Waals surface area contributed by atoms with Crippen molar-refractivity contribution in [2.75, 3.05) is 5.75 Å². The molecule has 0 saturated carbocycles. The second-order valence-corrected chi connectivity index (χ2v) is 7.58. The van der Waals surface area contributed by atoms with Gasteiger partial charge in [-0.2, -0.15) is 5.26 Å². The molecule has 0 spiro atoms. The Balaban J connectivity index is 1.47. The number of nitriles is 1. The van der Waals surface area contributed by atoms with E-state index >= 15 is 0 Å². The Kier molecular flexibility index (Phi) is 4.75. The number of nitrogens with one attached hydrogen (secondary N) is 1. The number of hydrogen-bond donors (Lipinski definition) is 1. The van der Waals surface area contributed by atoms with E-state index in [4.69, 9.17) is 4.42 Å². The second-order valence-electron chi connectivity index (χ2n) is 5.77. The van der Waals surface area contributed by atoms with Gasteiger partial charge in [-0.05, 0) is 13.0 Å². The van der Waals surface area contributed by atoms with Gasteiger partial charge in [-0.1, -0.05) is 30.0 Å². The first-order valence-electron chi connectivity index (χ1n) is 8.03. The van der Waals surface area contributed by atoms with Crippen LogP contribution in [0.25, 0.3) is 22.4 Å². The first kappa shape index (κ1) is 17.5. The topological polar surface area (TPSA) is 108 Å². The average Bonchev–Trinajstić information content (AvgIpc) is 3.40. The number of fused-ring (bicyclic) bond motifs is 1. The monoisotopic (exact) mass is 395 g/mol. The maximum Gasteiger partial charge on any atom is 0.277 e. The number of carbonyl (C=O) groups is 1. The van der Waals surface area contributed by atoms with E-state index in [1.807, 2.05) is 48.8 Å². The highest BCUT2D eigenvalue weighted by atomic mass is 32.2. The van der Waals surface area contributed by atoms with E-state index in [2.05, 4.69) is 20.2 Å². The fourth-order valence-electron chi connectivity index (χ4n) is 2.61. The van der Waals surface area contributed by atoms with Crippen LogP contribution < -0.4 is 0 Å². The van der Waals surface area contributed by atoms with E-state index in [1.165, 1.54) is 11.3 Å². The molecule has 4 aromatic rings. The summed E-state index contributed by atoms with van der Waals surface area (Å²) < 4.78 is 5.68. The zero-order chi connectivity index (χ0) is 18.8. The molecule has 1 aromatic carbocycles. The van der Waals surface area contributed by atoms with Crippen molar-refractivity contribution in [2.24, 2.45) is 0 Å². The van der Waals surface area contributed by atoms with Crippen LogP contribution >= 0.6 is 23.1 Å². The zero-order valence-electron chi connectivity index (χ0n) is 14.2. The fourth-order valence-corrected chi connectivity index (χ4v) is 4.14. The van der Waals surface area contributed by atoms with Crippen LogP contribution in [-0.4, -0.2) is 31.7 Å². The predicted molar refractivity (Wildman–Crippen MR) is 103 cm³/mol. The lowest BCUT2D eigenvalue weighted by Gasteiger charge is -2.02. The normalized spacial score (nSPS) is 12.1. The molecule has 0 aliphatic rings. The van der Waals surface area contributed by atoms with Crippen molar-refractivity contribution >= 4 is 39.8 Å². The number of para-hydroxylation sites is 1. The second kappa shape index (κ2) is 7.34. The maximum atomic E-state index is 12.4. The molecule has 0 fully saturated rings. The highest BCUT2D eigenvalue weighted by Gasteiger charge is 2.24. The third kappa shape index (κ3) is 3.49. The van der Waals surface area contributed by atoms with Gasteiger partial charge >= 0.3 is 0 Å². The van der Waals surface area contributed by atoms with Crippen molar-refractivity contribution in [2.45, 2.75) is 18.1 Å². The minimum atomic E-state index is -0.868. The van der Waals surface area contributed by atoms with Crippen molar-refractivity contribution in [3.63, 3.8) is 0 Å². The molecule has 9 heteroatoms. The first-order valence-corrected chi connectivity index (χ1v) is 9.89. The number of hydrogen-bond acceptors (Lipinski definition) is 8. The van der Waals surface area contributed by atoms with Gasteiger partial charge in [-0.15, -0.1) is 21.5 Å². The summed E-state index contributed by atoms with van der Waals surface area (Å²) in [5, 5.41) is 21.0. The molecule has 0 bridgehead atoms. The molecule has 3 aromatic heterocycles. The van der Waals surface area contributed by atoms with Gasteiger partial charge in [0.15, 0.2) is 11.7 Å². The Hall–Kier alpha value is -2.96. The minimum Gasteiger partial charge on any atom is -0.411 e. The third-order valence-electron chi connectivity index (χ3n) is 3.90. The van der Waals surface area contributed by atoms with Crippen LogP contribution in [0.4, 0.5) is 0 Å². The summed E-state index contributed by atoms with van der Waals surface area (Å²) in [5.41, 5.74) is 2.59. The van der Waals surface area contributed by atoms with Gasteiger partial charge in [0.25, 0.3) is 11.1 Å². The number of rotatable bonds is 6. The molecule has 27 heavy (non-hydrogen) atoms. The third-order valence-corrected chi connectivity index (χ3v) is 5.77. The summed E-state index contributed by atoms with van der Waals surface area (Å²) in [6.45, 7) is 1.83. The standard InChI is InChI=1S/C18H13N5O2S2/c1-10-8-26-17(21-10)12(6-19)15(24)9-27-18-23-22-16(25-18)13-7-20-14-5-3-2-4-11(13)14/h2-5,7-8,12,20H,9H2,1H3. The number of aromatic amines is 1. The molecule has 0 aliphatic heterocycles. The van der Waals surface area contributed by atoms with E-state index in [-0.39, 0.29) is 16.8 Å². The molecule has 7 nitrogen and oxygen atoms in total. The quantitative estimate of drug-likeness (QED) is 0.492. The molecule has 3 heterocycles. The zero-order valence-corrected chi connectivity index (χ0v) is 15.8. The lowest BCUT2D eigenvalue weighted by molar-refractivity contribution is -0.116. The Labute approximate surface area is 162 Å². The van der Waals surface area contributed by atoms with Gasteiger partial charge in [-0.3, -0.25) is 4.79 Å². The van der Waals surface area contributed by atoms with Crippen LogP contribution in [0.5, 0.6) is 0 Å². The number of thioether (sulfide) groups is 1. The highest BCUT2D eigenvalue weighted by Crippen LogP contribution is 2.30. The lowest BCUT2D eigenvalue weighted by atomic mass is 10.1. The predicted octanol–water partition coefficient (Wildman–Crippen LogP) is 3.95. The lowest BCUT2D eigenvalue weighted by Crippen LogP contribution is -2.13. The molecular formula is C18H13N5O2S2. The molecule has 4 rings (SSSR count). The van der Waals surface area contributed by atoms with Gasteiger partial charge in [0.05, 0.1) is 17.4 Å². The van der Waals surface area contributed by atoms with E-state index in [1.54, 1.807) is 0 Å². The number of H-pyrrole nitrogens is 1. The Morgan fingerprint density at radius 2 is 2.26 bits per heavy atom. The molecule has 0 amide bonds. The Morgan fingerprint density at radius 1 is 1.41 bits per heavy atom. The number of Topliss-reactive ketones (excluding diaryl/α,β-unsaturated/α-hetero) is 1. The van der Waals surface area contributed by atoms with Gasteiger partial charge in [-0.25, -0.2) is 4.98 Å². The van der Waals surface area contributed by atoms with Crippen molar-refractivity contribution in [3.05, 3.63) is 46.5 Å². The molecule has 1 atom stereocenters. The summed E-state index contributed by atoms with van der Waals surface area (Å²) in [7, 11) is 0. The summed E-state index contributed by atoms with van der Waals surface area (Å²) in [6.07, 6.45) is 1.81. The van der Waals surface area contributed by atoms with Crippen LogP contribution in [-0.2, 0) is 4.79 Å². The summed E-state index contributed by atoms with van der Waals surface area (Å²) in [4.78, 5) is 19.8. The number of aryl methyl sites for hydroxylation is 1. The molecular weight excluding hydrogens is 382 g/mol. The van der Waals surface area contributed by atoms with Crippen molar-refractivity contribution in [1.29, 1.82) is 5.26 Å². The number of nitrogens with zero attached hydrogens (tertiary/aromatic N) is 4. The molecule has 1 unspecified atom stereocenters. The van der Waals surface area contributed by atoms with Crippen molar-refractivity contribution in [1.82, 2.24) is 20.2 Å². The summed E-state index contributed by atoms with van der Waals surface area (Å²) in [5.74, 6) is -0.655. The fraction of sp³-hybridized carbons (Fsp3) is 0.167. The average molecular weight is 395 g/mol. The highest BCUT2D eigenvalue weighted by molar-refractivity contribution is 7.99. The summed E-state index contributed by atoms with van der Waals surface area (Å²) in [6, 6.07) is 9.84. The van der Waals surface area contributed by atoms with Gasteiger partial charge < -0.3 is 9.40 Å². The van der Waals surface area contributed by atoms with E-state index < -0.39 is 5.92 Å². The molecule has 0 radical (unpaired) electrons. The number of thiazole rings is 1. The maximum absolute atomic E-state index is 12.4. The molecule has 0 saturated heterocycles. The van der Waals surface area contributed by atoms with Crippen LogP contribution in [0.1, 0.15) is 16.6 Å². The van der Waals surface area contributed by atoms with Gasteiger partial charge in [0, 0.05) is 28.2 Å². The SMILES string of the molecule is Cc1csc(C(C#N)C(=O)CSc2nnc(-c3c[nH]c4ccccc34)o2)n1. The van der Waals surface area contributed by atoms with Crippen LogP contribution in [0.3, 0.4) is 0 Å². The Morgan fingerprint density at radius 3 is 3.04 bits per heavy atom. The molecule has 1 N–H and O–H groups in total. The van der Waals surface area contributed by atoms with Crippen LogP contribution in [0.15, 0.2) is 45.5 Å². The molecule has 134 valence electrons. The van der Waals surface area contributed by atoms with Crippen LogP contribution in [0.2, 0.25) is 0 Å². The first-order chi connectivity index (χ1) is 13.2. The number of carbonyl (C=O) groups excluding carboxylic acids is 1. The van der Waals surface area contributed by atoms with E-state index in [0.29, 0.717) is 10.9 Å². The minimum absolute atomic E-state index is 0.0619. The van der Waals surface area contributed by atoms with Gasteiger partial charge in [0.1, 0.15) is 5.01 Å². The largest absolute Gasteiger partial charge is 0.411 e. The smallest absolute Gasteiger partial charge is 0.277 e.